The number of amides is 1. The minimum Gasteiger partial charge on any atom is -0.361 e. The number of hydrogen-bond acceptors (Lipinski definition) is 5. The highest BCUT2D eigenvalue weighted by molar-refractivity contribution is 7.92. The largest absolute Gasteiger partial charge is 0.361 e. The third-order valence-corrected chi connectivity index (χ3v) is 6.13. The quantitative estimate of drug-likeness (QED) is 0.650. The Hall–Kier alpha value is -3.13. The Kier molecular flexibility index (Phi) is 5.48. The number of carbonyl (C=O) groups is 1. The van der Waals surface area contributed by atoms with E-state index in [0.717, 1.165) is 11.1 Å². The number of nitrogens with zero attached hydrogens (tertiary/aromatic N) is 1. The molecular weight excluding hydrogens is 390 g/mol. The summed E-state index contributed by atoms with van der Waals surface area (Å²) in [5.74, 6) is -0.00717. The molecule has 0 saturated carbocycles. The molecule has 3 aromatic rings. The lowest BCUT2D eigenvalue weighted by atomic mass is 10.1. The zero-order valence-corrected chi connectivity index (χ0v) is 17.8. The zero-order valence-electron chi connectivity index (χ0n) is 17.0. The fourth-order valence-electron chi connectivity index (χ4n) is 3.10. The van der Waals surface area contributed by atoms with Crippen LogP contribution < -0.4 is 10.0 Å². The SMILES string of the molecule is Cc1ccc(NS(=O)(=O)c2cc(NC(=O)c3c(C)noc3C)ccc2C)c(C)c1. The van der Waals surface area contributed by atoms with Gasteiger partial charge >= 0.3 is 0 Å². The summed E-state index contributed by atoms with van der Waals surface area (Å²) in [7, 11) is -3.84. The summed E-state index contributed by atoms with van der Waals surface area (Å²) < 4.78 is 33.6. The van der Waals surface area contributed by atoms with Gasteiger partial charge in [-0.2, -0.15) is 0 Å². The van der Waals surface area contributed by atoms with Crippen molar-refractivity contribution in [3.8, 4) is 0 Å². The van der Waals surface area contributed by atoms with Crippen LogP contribution in [0.15, 0.2) is 45.8 Å². The maximum Gasteiger partial charge on any atom is 0.262 e. The van der Waals surface area contributed by atoms with Crippen LogP contribution in [-0.2, 0) is 10.0 Å². The number of aryl methyl sites for hydroxylation is 5. The van der Waals surface area contributed by atoms with Gasteiger partial charge in [0.1, 0.15) is 11.3 Å². The number of anilines is 2. The van der Waals surface area contributed by atoms with Crippen molar-refractivity contribution in [1.29, 1.82) is 0 Å². The minimum atomic E-state index is -3.84. The van der Waals surface area contributed by atoms with Crippen LogP contribution >= 0.6 is 0 Å². The normalized spacial score (nSPS) is 11.3. The van der Waals surface area contributed by atoms with Crippen molar-refractivity contribution in [2.45, 2.75) is 39.5 Å². The lowest BCUT2D eigenvalue weighted by Crippen LogP contribution is -2.17. The molecule has 29 heavy (non-hydrogen) atoms. The van der Waals surface area contributed by atoms with Gasteiger partial charge in [0.05, 0.1) is 16.3 Å². The number of sulfonamides is 1. The summed E-state index contributed by atoms with van der Waals surface area (Å²) in [5.41, 5.74) is 4.12. The van der Waals surface area contributed by atoms with E-state index >= 15 is 0 Å². The highest BCUT2D eigenvalue weighted by Crippen LogP contribution is 2.25. The maximum atomic E-state index is 13.0. The molecule has 0 aliphatic carbocycles. The Labute approximate surface area is 170 Å². The van der Waals surface area contributed by atoms with E-state index in [1.165, 1.54) is 6.07 Å². The van der Waals surface area contributed by atoms with Gasteiger partial charge in [0.15, 0.2) is 0 Å². The summed E-state index contributed by atoms with van der Waals surface area (Å²) >= 11 is 0. The monoisotopic (exact) mass is 413 g/mol. The first kappa shape index (κ1) is 20.6. The molecular formula is C21H23N3O4S. The Morgan fingerprint density at radius 3 is 2.31 bits per heavy atom. The van der Waals surface area contributed by atoms with Crippen molar-refractivity contribution < 1.29 is 17.7 Å². The minimum absolute atomic E-state index is 0.0917. The van der Waals surface area contributed by atoms with Crippen molar-refractivity contribution in [2.24, 2.45) is 0 Å². The van der Waals surface area contributed by atoms with Crippen LogP contribution in [-0.4, -0.2) is 19.5 Å². The Balaban J connectivity index is 1.91. The second kappa shape index (κ2) is 7.71. The lowest BCUT2D eigenvalue weighted by molar-refractivity contribution is 0.102. The second-order valence-electron chi connectivity index (χ2n) is 7.06. The standard InChI is InChI=1S/C21H23N3O4S/c1-12-6-9-18(14(3)10-12)24-29(26,27)19-11-17(8-7-13(19)2)22-21(25)20-15(4)23-28-16(20)5/h6-11,24H,1-5H3,(H,22,25). The molecule has 1 heterocycles. The van der Waals surface area contributed by atoms with Gasteiger partial charge in [-0.1, -0.05) is 28.9 Å². The van der Waals surface area contributed by atoms with Crippen LogP contribution in [0.2, 0.25) is 0 Å². The van der Waals surface area contributed by atoms with E-state index < -0.39 is 15.9 Å². The van der Waals surface area contributed by atoms with Gasteiger partial charge < -0.3 is 9.84 Å². The van der Waals surface area contributed by atoms with E-state index in [1.807, 2.05) is 26.0 Å². The molecule has 2 N–H and O–H groups in total. The van der Waals surface area contributed by atoms with Crippen molar-refractivity contribution in [3.05, 3.63) is 70.1 Å². The first-order valence-electron chi connectivity index (χ1n) is 9.03. The van der Waals surface area contributed by atoms with E-state index in [1.54, 1.807) is 39.0 Å². The molecule has 0 unspecified atom stereocenters. The van der Waals surface area contributed by atoms with Gasteiger partial charge in [-0.15, -0.1) is 0 Å². The molecule has 3 rings (SSSR count). The zero-order chi connectivity index (χ0) is 21.3. The summed E-state index contributed by atoms with van der Waals surface area (Å²) in [5, 5.41) is 6.49. The summed E-state index contributed by atoms with van der Waals surface area (Å²) in [6, 6.07) is 10.2. The van der Waals surface area contributed by atoms with Gasteiger partial charge in [-0.3, -0.25) is 9.52 Å². The molecule has 0 aliphatic rings. The Morgan fingerprint density at radius 1 is 0.966 bits per heavy atom. The van der Waals surface area contributed by atoms with Crippen molar-refractivity contribution in [2.75, 3.05) is 10.0 Å². The van der Waals surface area contributed by atoms with Crippen LogP contribution in [0.4, 0.5) is 11.4 Å². The molecule has 152 valence electrons. The predicted molar refractivity (Wildman–Crippen MR) is 112 cm³/mol. The van der Waals surface area contributed by atoms with Crippen molar-refractivity contribution >= 4 is 27.3 Å². The molecule has 0 spiro atoms. The number of benzene rings is 2. The summed E-state index contributed by atoms with van der Waals surface area (Å²) in [6.07, 6.45) is 0. The van der Waals surface area contributed by atoms with E-state index in [9.17, 15) is 13.2 Å². The van der Waals surface area contributed by atoms with E-state index in [2.05, 4.69) is 15.2 Å². The number of carbonyl (C=O) groups excluding carboxylic acids is 1. The molecule has 0 radical (unpaired) electrons. The molecule has 2 aromatic carbocycles. The predicted octanol–water partition coefficient (Wildman–Crippen LogP) is 4.27. The third kappa shape index (κ3) is 4.32. The van der Waals surface area contributed by atoms with Crippen LogP contribution in [0.5, 0.6) is 0 Å². The number of nitrogens with one attached hydrogen (secondary N) is 2. The Morgan fingerprint density at radius 2 is 1.69 bits per heavy atom. The van der Waals surface area contributed by atoms with Gasteiger partial charge in [-0.05, 0) is 63.9 Å². The smallest absolute Gasteiger partial charge is 0.262 e. The average Bonchev–Trinajstić information content (AvgIpc) is 2.97. The second-order valence-corrected chi connectivity index (χ2v) is 8.71. The third-order valence-electron chi connectivity index (χ3n) is 4.62. The molecule has 7 nitrogen and oxygen atoms in total. The van der Waals surface area contributed by atoms with E-state index in [-0.39, 0.29) is 4.90 Å². The fourth-order valence-corrected chi connectivity index (χ4v) is 4.50. The van der Waals surface area contributed by atoms with Gasteiger partial charge in [0, 0.05) is 5.69 Å². The van der Waals surface area contributed by atoms with Crippen molar-refractivity contribution in [1.82, 2.24) is 5.16 Å². The Bertz CT molecular complexity index is 1180. The first-order chi connectivity index (χ1) is 13.6. The highest BCUT2D eigenvalue weighted by Gasteiger charge is 2.21. The molecule has 1 amide bonds. The highest BCUT2D eigenvalue weighted by atomic mass is 32.2. The van der Waals surface area contributed by atoms with Gasteiger partial charge in [0.25, 0.3) is 15.9 Å². The summed E-state index contributed by atoms with van der Waals surface area (Å²) in [6.45, 7) is 8.81. The van der Waals surface area contributed by atoms with Crippen LogP contribution in [0.1, 0.15) is 38.5 Å². The number of rotatable bonds is 5. The topological polar surface area (TPSA) is 101 Å². The van der Waals surface area contributed by atoms with E-state index in [4.69, 9.17) is 4.52 Å². The average molecular weight is 413 g/mol. The van der Waals surface area contributed by atoms with Crippen LogP contribution in [0, 0.1) is 34.6 Å². The fraction of sp³-hybridized carbons (Fsp3) is 0.238. The van der Waals surface area contributed by atoms with E-state index in [0.29, 0.717) is 34.0 Å². The lowest BCUT2D eigenvalue weighted by Gasteiger charge is -2.14. The molecule has 0 bridgehead atoms. The van der Waals surface area contributed by atoms with Gasteiger partial charge in [-0.25, -0.2) is 8.42 Å². The number of aromatic nitrogens is 1. The van der Waals surface area contributed by atoms with Crippen LogP contribution in [0.3, 0.4) is 0 Å². The molecule has 1 aromatic heterocycles. The van der Waals surface area contributed by atoms with Crippen LogP contribution in [0.25, 0.3) is 0 Å². The molecule has 0 atom stereocenters. The summed E-state index contributed by atoms with van der Waals surface area (Å²) in [4.78, 5) is 12.6. The molecule has 0 aliphatic heterocycles. The number of hydrogen-bond donors (Lipinski definition) is 2. The molecule has 0 fully saturated rings. The molecule has 8 heteroatoms. The van der Waals surface area contributed by atoms with Gasteiger partial charge in [0.2, 0.25) is 0 Å². The first-order valence-corrected chi connectivity index (χ1v) is 10.5. The molecule has 0 saturated heterocycles. The maximum absolute atomic E-state index is 13.0. The van der Waals surface area contributed by atoms with Crippen molar-refractivity contribution in [3.63, 3.8) is 0 Å².